The number of rotatable bonds is 4. The van der Waals surface area contributed by atoms with Gasteiger partial charge in [0.2, 0.25) is 0 Å². The molecule has 0 aromatic carbocycles. The van der Waals surface area contributed by atoms with Crippen LogP contribution in [0.3, 0.4) is 0 Å². The molecule has 21 heavy (non-hydrogen) atoms. The Morgan fingerprint density at radius 1 is 1.19 bits per heavy atom. The zero-order valence-electron chi connectivity index (χ0n) is 11.9. The van der Waals surface area contributed by atoms with E-state index in [2.05, 4.69) is 4.74 Å². The quantitative estimate of drug-likeness (QED) is 0.320. The second-order valence-electron chi connectivity index (χ2n) is 5.58. The molecule has 0 aromatic heterocycles. The molecule has 0 unspecified atom stereocenters. The number of carbonyl (C=O) groups excluding carboxylic acids is 1. The minimum atomic E-state index is -1.97. The fraction of sp³-hybridized carbons (Fsp3) is 0.818. The van der Waals surface area contributed by atoms with E-state index in [9.17, 15) is 14.7 Å². The normalized spacial score (nSPS) is 30.2. The van der Waals surface area contributed by atoms with Gasteiger partial charge in [0.25, 0.3) is 0 Å². The highest BCUT2D eigenvalue weighted by molar-refractivity contribution is 5.72. The van der Waals surface area contributed by atoms with Crippen molar-refractivity contribution in [2.45, 2.75) is 30.7 Å². The SMILES string of the molecule is C[N+](C)(C)CC(=O)[O-].O=C(O)[C@@H](O)[C@H]1O[C@H](O)[C@H](O)[C@H]1O. The van der Waals surface area contributed by atoms with Crippen molar-refractivity contribution < 1.29 is 49.4 Å². The van der Waals surface area contributed by atoms with Crippen LogP contribution in [0.15, 0.2) is 0 Å². The van der Waals surface area contributed by atoms with Crippen molar-refractivity contribution in [1.82, 2.24) is 0 Å². The molecule has 5 N–H and O–H groups in total. The summed E-state index contributed by atoms with van der Waals surface area (Å²) in [5.41, 5.74) is 0. The molecule has 1 rings (SSSR count). The maximum atomic E-state index is 10.2. The Kier molecular flexibility index (Phi) is 7.16. The molecular formula is C11H21NO9. The molecule has 0 spiro atoms. The highest BCUT2D eigenvalue weighted by atomic mass is 16.7. The summed E-state index contributed by atoms with van der Waals surface area (Å²) in [4.78, 5) is 20.1. The molecule has 0 amide bonds. The third-order valence-electron chi connectivity index (χ3n) is 2.44. The first kappa shape index (κ1) is 19.7. The van der Waals surface area contributed by atoms with Crippen LogP contribution in [0.25, 0.3) is 0 Å². The predicted molar refractivity (Wildman–Crippen MR) is 64.4 cm³/mol. The smallest absolute Gasteiger partial charge is 0.335 e. The molecule has 1 fully saturated rings. The van der Waals surface area contributed by atoms with Crippen LogP contribution in [0.4, 0.5) is 0 Å². The van der Waals surface area contributed by atoms with Gasteiger partial charge in [-0.25, -0.2) is 4.79 Å². The molecule has 10 nitrogen and oxygen atoms in total. The fourth-order valence-electron chi connectivity index (χ4n) is 1.47. The maximum absolute atomic E-state index is 10.2. The topological polar surface area (TPSA) is 168 Å². The number of hydrogen-bond donors (Lipinski definition) is 5. The van der Waals surface area contributed by atoms with Gasteiger partial charge in [-0.2, -0.15) is 0 Å². The summed E-state index contributed by atoms with van der Waals surface area (Å²) in [6.45, 7) is 0.0694. The van der Waals surface area contributed by atoms with Crippen molar-refractivity contribution in [3.63, 3.8) is 0 Å². The van der Waals surface area contributed by atoms with Gasteiger partial charge in [-0.15, -0.1) is 0 Å². The Labute approximate surface area is 121 Å². The summed E-state index contributed by atoms with van der Waals surface area (Å²) in [6.07, 6.45) is -8.36. The van der Waals surface area contributed by atoms with Crippen molar-refractivity contribution in [3.05, 3.63) is 0 Å². The largest absolute Gasteiger partial charge is 0.544 e. The molecule has 0 bridgehead atoms. The average molecular weight is 311 g/mol. The van der Waals surface area contributed by atoms with Crippen LogP contribution in [0.2, 0.25) is 0 Å². The number of carbonyl (C=O) groups is 2. The number of likely N-dealkylation sites (N-methyl/N-ethyl adjacent to an activating group) is 1. The lowest BCUT2D eigenvalue weighted by molar-refractivity contribution is -0.864. The second kappa shape index (κ2) is 7.64. The van der Waals surface area contributed by atoms with Crippen molar-refractivity contribution >= 4 is 11.9 Å². The maximum Gasteiger partial charge on any atom is 0.335 e. The number of aliphatic hydroxyl groups excluding tert-OH is 4. The molecule has 1 heterocycles. The van der Waals surface area contributed by atoms with E-state index >= 15 is 0 Å². The van der Waals surface area contributed by atoms with Crippen LogP contribution in [-0.2, 0) is 14.3 Å². The van der Waals surface area contributed by atoms with Crippen LogP contribution < -0.4 is 5.11 Å². The Morgan fingerprint density at radius 2 is 1.67 bits per heavy atom. The molecule has 124 valence electrons. The first-order valence-corrected chi connectivity index (χ1v) is 5.97. The molecule has 0 aromatic rings. The number of carboxylic acid groups (broad SMARTS) is 2. The van der Waals surface area contributed by atoms with Crippen LogP contribution in [0.5, 0.6) is 0 Å². The van der Waals surface area contributed by atoms with Crippen LogP contribution >= 0.6 is 0 Å². The van der Waals surface area contributed by atoms with Gasteiger partial charge in [-0.3, -0.25) is 0 Å². The lowest BCUT2D eigenvalue weighted by Gasteiger charge is -2.23. The molecule has 0 aliphatic carbocycles. The van der Waals surface area contributed by atoms with Gasteiger partial charge in [0.1, 0.15) is 24.9 Å². The third kappa shape index (κ3) is 6.80. The van der Waals surface area contributed by atoms with E-state index in [-0.39, 0.29) is 6.54 Å². The fourth-order valence-corrected chi connectivity index (χ4v) is 1.47. The Balaban J connectivity index is 0.000000433. The van der Waals surface area contributed by atoms with Crippen LogP contribution in [0, 0.1) is 0 Å². The van der Waals surface area contributed by atoms with Gasteiger partial charge in [0.15, 0.2) is 12.4 Å². The number of ether oxygens (including phenoxy) is 1. The van der Waals surface area contributed by atoms with E-state index in [1.165, 1.54) is 0 Å². The molecule has 1 saturated heterocycles. The summed E-state index contributed by atoms with van der Waals surface area (Å²) >= 11 is 0. The van der Waals surface area contributed by atoms with Gasteiger partial charge >= 0.3 is 5.97 Å². The molecule has 10 heteroatoms. The van der Waals surface area contributed by atoms with Crippen LogP contribution in [0.1, 0.15) is 0 Å². The van der Waals surface area contributed by atoms with E-state index in [4.69, 9.17) is 25.5 Å². The van der Waals surface area contributed by atoms with Crippen molar-refractivity contribution in [2.24, 2.45) is 0 Å². The molecule has 1 aliphatic rings. The van der Waals surface area contributed by atoms with Gasteiger partial charge in [0, 0.05) is 0 Å². The number of carboxylic acids is 2. The van der Waals surface area contributed by atoms with Crippen molar-refractivity contribution in [3.8, 4) is 0 Å². The van der Waals surface area contributed by atoms with E-state index in [1.807, 2.05) is 0 Å². The number of aliphatic carboxylic acids is 2. The minimum Gasteiger partial charge on any atom is -0.544 e. The second-order valence-corrected chi connectivity index (χ2v) is 5.58. The predicted octanol–water partition coefficient (Wildman–Crippen LogP) is -4.69. The van der Waals surface area contributed by atoms with E-state index in [0.717, 1.165) is 0 Å². The average Bonchev–Trinajstić information content (AvgIpc) is 2.53. The van der Waals surface area contributed by atoms with Crippen molar-refractivity contribution in [1.29, 1.82) is 0 Å². The van der Waals surface area contributed by atoms with Gasteiger partial charge in [0.05, 0.1) is 27.1 Å². The highest BCUT2D eigenvalue weighted by Gasteiger charge is 2.47. The van der Waals surface area contributed by atoms with E-state index < -0.39 is 42.6 Å². The monoisotopic (exact) mass is 311 g/mol. The number of aliphatic hydroxyl groups is 4. The standard InChI is InChI=1S/C6H10O7.C5H11NO2/c7-1-2(8)6(12)13-4(1)3(9)5(10)11;1-6(2,3)4-5(7)8/h1-4,6-9,12H,(H,10,11);4H2,1-3H3/t1-,2-,3+,4+,6+;/m1./s1. The molecular weight excluding hydrogens is 290 g/mol. The lowest BCUT2D eigenvalue weighted by Crippen LogP contribution is -2.45. The molecule has 0 radical (unpaired) electrons. The molecule has 0 saturated carbocycles. The number of quaternary nitrogens is 1. The lowest BCUT2D eigenvalue weighted by atomic mass is 10.1. The van der Waals surface area contributed by atoms with Crippen LogP contribution in [-0.4, -0.2) is 100 Å². The first-order chi connectivity index (χ1) is 9.36. The van der Waals surface area contributed by atoms with Gasteiger partial charge < -0.3 is 44.7 Å². The number of hydrogen-bond acceptors (Lipinski definition) is 8. The van der Waals surface area contributed by atoms with E-state index in [0.29, 0.717) is 4.48 Å². The molecule has 1 aliphatic heterocycles. The van der Waals surface area contributed by atoms with Gasteiger partial charge in [-0.05, 0) is 0 Å². The summed E-state index contributed by atoms with van der Waals surface area (Å²) in [5, 5.41) is 54.0. The minimum absolute atomic E-state index is 0.0694. The first-order valence-electron chi connectivity index (χ1n) is 5.97. The Bertz CT molecular complexity index is 367. The van der Waals surface area contributed by atoms with Crippen molar-refractivity contribution in [2.75, 3.05) is 27.7 Å². The summed E-state index contributed by atoms with van der Waals surface area (Å²) in [5.74, 6) is -2.59. The summed E-state index contributed by atoms with van der Waals surface area (Å²) in [6, 6.07) is 0. The summed E-state index contributed by atoms with van der Waals surface area (Å²) in [7, 11) is 5.40. The zero-order chi connectivity index (χ0) is 17.0. The third-order valence-corrected chi connectivity index (χ3v) is 2.44. The Morgan fingerprint density at radius 3 is 1.86 bits per heavy atom. The number of nitrogens with zero attached hydrogens (tertiary/aromatic N) is 1. The van der Waals surface area contributed by atoms with E-state index in [1.54, 1.807) is 21.1 Å². The summed E-state index contributed by atoms with van der Waals surface area (Å²) < 4.78 is 4.85. The highest BCUT2D eigenvalue weighted by Crippen LogP contribution is 2.22. The molecule has 5 atom stereocenters. The Hall–Kier alpha value is -1.30. The van der Waals surface area contributed by atoms with Gasteiger partial charge in [-0.1, -0.05) is 0 Å². The zero-order valence-corrected chi connectivity index (χ0v) is 11.9.